The number of nitro groups is 1. The fourth-order valence-electron chi connectivity index (χ4n) is 3.13. The number of aromatic nitrogens is 2. The number of nitrogens with one attached hydrogen (secondary N) is 1. The van der Waals surface area contributed by atoms with Crippen molar-refractivity contribution < 1.29 is 23.2 Å². The molecule has 3 aromatic rings. The number of rotatable bonds is 7. The lowest BCUT2D eigenvalue weighted by Crippen LogP contribution is -2.20. The summed E-state index contributed by atoms with van der Waals surface area (Å²) in [6.07, 6.45) is -2.80. The zero-order valence-corrected chi connectivity index (χ0v) is 18.9. The maximum absolute atomic E-state index is 13.0. The maximum atomic E-state index is 13.0. The van der Waals surface area contributed by atoms with Gasteiger partial charge >= 0.3 is 0 Å². The molecule has 8 nitrogen and oxygen atoms in total. The van der Waals surface area contributed by atoms with E-state index >= 15 is 0 Å². The van der Waals surface area contributed by atoms with Gasteiger partial charge in [-0.2, -0.15) is 5.10 Å². The fraction of sp³-hybridized carbons (Fsp3) is 0.238. The number of amides is 1. The summed E-state index contributed by atoms with van der Waals surface area (Å²) >= 11 is 3.05. The predicted octanol–water partition coefficient (Wildman–Crippen LogP) is 5.85. The van der Waals surface area contributed by atoms with Crippen LogP contribution in [-0.4, -0.2) is 20.6 Å². The molecule has 2 aromatic carbocycles. The first-order valence-electron chi connectivity index (χ1n) is 9.40. The van der Waals surface area contributed by atoms with Gasteiger partial charge in [0, 0.05) is 12.1 Å². The van der Waals surface area contributed by atoms with Gasteiger partial charge in [0.25, 0.3) is 12.1 Å². The Labute approximate surface area is 190 Å². The van der Waals surface area contributed by atoms with Crippen LogP contribution in [0.25, 0.3) is 0 Å². The van der Waals surface area contributed by atoms with Gasteiger partial charge in [-0.15, -0.1) is 0 Å². The first kappa shape index (κ1) is 23.3. The molecule has 0 radical (unpaired) electrons. The van der Waals surface area contributed by atoms with E-state index in [1.165, 1.54) is 18.2 Å². The highest BCUT2D eigenvalue weighted by molar-refractivity contribution is 9.10. The number of benzene rings is 2. The average Bonchev–Trinajstić information content (AvgIpc) is 2.95. The molecule has 1 amide bonds. The van der Waals surface area contributed by atoms with Crippen LogP contribution in [0.4, 0.5) is 20.2 Å². The smallest absolute Gasteiger partial charge is 0.283 e. The van der Waals surface area contributed by atoms with Gasteiger partial charge in [-0.1, -0.05) is 6.07 Å². The molecule has 0 spiro atoms. The van der Waals surface area contributed by atoms with Gasteiger partial charge in [0.1, 0.15) is 23.7 Å². The van der Waals surface area contributed by atoms with Gasteiger partial charge in [0.15, 0.2) is 0 Å². The van der Waals surface area contributed by atoms with Gasteiger partial charge in [-0.05, 0) is 60.0 Å². The molecule has 0 saturated carbocycles. The van der Waals surface area contributed by atoms with E-state index in [9.17, 15) is 23.7 Å². The number of hydrogen-bond donors (Lipinski definition) is 1. The van der Waals surface area contributed by atoms with Crippen LogP contribution < -0.4 is 10.1 Å². The van der Waals surface area contributed by atoms with E-state index in [0.29, 0.717) is 11.4 Å². The van der Waals surface area contributed by atoms with Crippen LogP contribution in [0.1, 0.15) is 28.9 Å². The number of halogens is 3. The molecule has 1 aromatic heterocycles. The van der Waals surface area contributed by atoms with Crippen molar-refractivity contribution in [1.82, 2.24) is 9.78 Å². The largest absolute Gasteiger partial charge is 0.457 e. The van der Waals surface area contributed by atoms with E-state index in [-0.39, 0.29) is 28.1 Å². The summed E-state index contributed by atoms with van der Waals surface area (Å²) in [5, 5.41) is 17.6. The molecule has 0 aliphatic carbocycles. The quantitative estimate of drug-likeness (QED) is 0.318. The lowest BCUT2D eigenvalue weighted by molar-refractivity contribution is -0.384. The Kier molecular flexibility index (Phi) is 6.87. The monoisotopic (exact) mass is 508 g/mol. The number of nitrogens with zero attached hydrogens (tertiary/aromatic N) is 3. The summed E-state index contributed by atoms with van der Waals surface area (Å²) in [5.74, 6) is 0.0658. The van der Waals surface area contributed by atoms with E-state index in [0.717, 1.165) is 15.8 Å². The van der Waals surface area contributed by atoms with Crippen molar-refractivity contribution in [2.24, 2.45) is 0 Å². The Morgan fingerprint density at radius 1 is 1.16 bits per heavy atom. The lowest BCUT2D eigenvalue weighted by atomic mass is 10.1. The van der Waals surface area contributed by atoms with Crippen molar-refractivity contribution in [2.75, 3.05) is 5.32 Å². The third-order valence-corrected chi connectivity index (χ3v) is 5.46. The first-order chi connectivity index (χ1) is 15.0. The van der Waals surface area contributed by atoms with Crippen molar-refractivity contribution in [1.29, 1.82) is 0 Å². The molecule has 0 atom stereocenters. The predicted molar refractivity (Wildman–Crippen MR) is 117 cm³/mol. The normalized spacial score (nSPS) is 11.0. The van der Waals surface area contributed by atoms with Gasteiger partial charge in [0.05, 0.1) is 26.8 Å². The van der Waals surface area contributed by atoms with E-state index < -0.39 is 22.9 Å². The molecule has 0 unspecified atom stereocenters. The summed E-state index contributed by atoms with van der Waals surface area (Å²) in [5.41, 5.74) is 1.66. The molecule has 0 bridgehead atoms. The van der Waals surface area contributed by atoms with Crippen LogP contribution in [0.3, 0.4) is 0 Å². The number of alkyl halides is 2. The van der Waals surface area contributed by atoms with Crippen LogP contribution >= 0.6 is 15.9 Å². The van der Waals surface area contributed by atoms with E-state index in [1.54, 1.807) is 19.1 Å². The lowest BCUT2D eigenvalue weighted by Gasteiger charge is -2.11. The van der Waals surface area contributed by atoms with Gasteiger partial charge in [0.2, 0.25) is 5.91 Å². The molecule has 0 fully saturated rings. The Morgan fingerprint density at radius 3 is 2.34 bits per heavy atom. The Balaban J connectivity index is 1.83. The minimum absolute atomic E-state index is 0.125. The number of carbonyl (C=O) groups is 1. The second kappa shape index (κ2) is 9.43. The maximum Gasteiger partial charge on any atom is 0.283 e. The van der Waals surface area contributed by atoms with Crippen molar-refractivity contribution in [3.05, 3.63) is 73.5 Å². The summed E-state index contributed by atoms with van der Waals surface area (Å²) in [4.78, 5) is 23.2. The molecule has 3 rings (SSSR count). The summed E-state index contributed by atoms with van der Waals surface area (Å²) in [6.45, 7) is 4.98. The standard InChI is InChI=1S/C21H19BrF2N4O4/c1-11-4-12(2)6-16(5-11)32-17-8-14(7-15(9-17)28(30)31)25-18(29)10-27-13(3)19(22)20(26-27)21(23)24/h4-9,21H,10H2,1-3H3,(H,25,29). The van der Waals surface area contributed by atoms with Crippen molar-refractivity contribution >= 4 is 33.2 Å². The van der Waals surface area contributed by atoms with Crippen molar-refractivity contribution in [2.45, 2.75) is 33.7 Å². The van der Waals surface area contributed by atoms with E-state index in [2.05, 4.69) is 26.3 Å². The molecule has 1 heterocycles. The molecule has 32 heavy (non-hydrogen) atoms. The number of ether oxygens (including phenoxy) is 1. The third-order valence-electron chi connectivity index (χ3n) is 4.47. The minimum Gasteiger partial charge on any atom is -0.457 e. The van der Waals surface area contributed by atoms with Gasteiger partial charge in [-0.25, -0.2) is 8.78 Å². The molecule has 0 aliphatic rings. The Hall–Kier alpha value is -3.34. The fourth-order valence-corrected chi connectivity index (χ4v) is 3.58. The molecule has 168 valence electrons. The summed E-state index contributed by atoms with van der Waals surface area (Å²) in [6, 6.07) is 9.39. The van der Waals surface area contributed by atoms with Crippen LogP contribution in [0.2, 0.25) is 0 Å². The van der Waals surface area contributed by atoms with Crippen molar-refractivity contribution in [3.8, 4) is 11.5 Å². The molecule has 11 heteroatoms. The highest BCUT2D eigenvalue weighted by Crippen LogP contribution is 2.31. The van der Waals surface area contributed by atoms with Gasteiger partial charge < -0.3 is 10.1 Å². The SMILES string of the molecule is Cc1cc(C)cc(Oc2cc(NC(=O)Cn3nc(C(F)F)c(Br)c3C)cc([N+](=O)[O-])c2)c1. The summed E-state index contributed by atoms with van der Waals surface area (Å²) < 4.78 is 33.1. The average molecular weight is 509 g/mol. The molecular formula is C21H19BrF2N4O4. The van der Waals surface area contributed by atoms with E-state index in [1.807, 2.05) is 19.9 Å². The number of carbonyl (C=O) groups excluding carboxylic acids is 1. The topological polar surface area (TPSA) is 99.3 Å². The van der Waals surface area contributed by atoms with Crippen LogP contribution in [0.5, 0.6) is 11.5 Å². The van der Waals surface area contributed by atoms with Gasteiger partial charge in [-0.3, -0.25) is 19.6 Å². The number of hydrogen-bond acceptors (Lipinski definition) is 5. The van der Waals surface area contributed by atoms with Crippen LogP contribution in [0, 0.1) is 30.9 Å². The number of aryl methyl sites for hydroxylation is 2. The van der Waals surface area contributed by atoms with E-state index in [4.69, 9.17) is 4.74 Å². The molecule has 0 aliphatic heterocycles. The number of nitro benzene ring substituents is 1. The highest BCUT2D eigenvalue weighted by Gasteiger charge is 2.21. The number of anilines is 1. The van der Waals surface area contributed by atoms with Crippen molar-refractivity contribution in [3.63, 3.8) is 0 Å². The van der Waals surface area contributed by atoms with Crippen LogP contribution in [0.15, 0.2) is 40.9 Å². The molecule has 1 N–H and O–H groups in total. The minimum atomic E-state index is -2.80. The highest BCUT2D eigenvalue weighted by atomic mass is 79.9. The second-order valence-electron chi connectivity index (χ2n) is 7.19. The zero-order chi connectivity index (χ0) is 23.6. The third kappa shape index (κ3) is 5.47. The second-order valence-corrected chi connectivity index (χ2v) is 7.98. The molecule has 0 saturated heterocycles. The summed E-state index contributed by atoms with van der Waals surface area (Å²) in [7, 11) is 0. The molecular weight excluding hydrogens is 490 g/mol. The zero-order valence-electron chi connectivity index (χ0n) is 17.4. The Morgan fingerprint density at radius 2 is 1.78 bits per heavy atom. The first-order valence-corrected chi connectivity index (χ1v) is 10.2. The number of non-ortho nitro benzene ring substituents is 1. The Bertz CT molecular complexity index is 1180. The van der Waals surface area contributed by atoms with Crippen LogP contribution in [-0.2, 0) is 11.3 Å².